The third-order valence-corrected chi connectivity index (χ3v) is 6.99. The zero-order valence-corrected chi connectivity index (χ0v) is 17.0. The van der Waals surface area contributed by atoms with Crippen LogP contribution in [0.1, 0.15) is 39.5 Å². The fourth-order valence-corrected chi connectivity index (χ4v) is 5.26. The van der Waals surface area contributed by atoms with E-state index in [2.05, 4.69) is 10.3 Å². The second-order valence-corrected chi connectivity index (χ2v) is 9.55. The average Bonchev–Trinajstić information content (AvgIpc) is 2.70. The lowest BCUT2D eigenvalue weighted by atomic mass is 9.88. The van der Waals surface area contributed by atoms with Crippen molar-refractivity contribution in [2.75, 3.05) is 5.32 Å². The summed E-state index contributed by atoms with van der Waals surface area (Å²) in [6.45, 7) is 3.91. The Kier molecular flexibility index (Phi) is 6.34. The van der Waals surface area contributed by atoms with Crippen LogP contribution in [0.25, 0.3) is 0 Å². The average molecular weight is 403 g/mol. The molecule has 1 fully saturated rings. The van der Waals surface area contributed by atoms with E-state index in [4.69, 9.17) is 4.74 Å². The van der Waals surface area contributed by atoms with Crippen molar-refractivity contribution < 1.29 is 17.9 Å². The number of hydrogen-bond donors (Lipinski definition) is 1. The molecule has 150 valence electrons. The lowest BCUT2D eigenvalue weighted by Crippen LogP contribution is -2.34. The second-order valence-electron chi connectivity index (χ2n) is 7.38. The van der Waals surface area contributed by atoms with Gasteiger partial charge in [-0.1, -0.05) is 12.5 Å². The summed E-state index contributed by atoms with van der Waals surface area (Å²) >= 11 is 0. The van der Waals surface area contributed by atoms with Crippen LogP contribution < -0.4 is 10.1 Å². The van der Waals surface area contributed by atoms with Crippen molar-refractivity contribution in [1.82, 2.24) is 4.98 Å². The molecule has 28 heavy (non-hydrogen) atoms. The molecule has 0 aliphatic heterocycles. The molecule has 1 N–H and O–H groups in total. The molecule has 0 bridgehead atoms. The Bertz CT molecular complexity index is 896. The highest BCUT2D eigenvalue weighted by Crippen LogP contribution is 2.32. The first-order valence-electron chi connectivity index (χ1n) is 9.59. The number of anilines is 1. The number of ether oxygens (including phenoxy) is 1. The summed E-state index contributed by atoms with van der Waals surface area (Å²) < 4.78 is 31.3. The standard InChI is InChI=1S/C21H26N2O4S/c1-15(2)27-18-11-9-17(10-12-18)23-21(24)16-6-5-7-19(14-16)28(25,26)20-8-3-4-13-22-20/h3-4,8-13,15-16,19H,5-7,14H2,1-2H3,(H,23,24)/t16-,19-/m1/s1. The molecule has 0 radical (unpaired) electrons. The molecule has 2 aromatic rings. The van der Waals surface area contributed by atoms with E-state index in [9.17, 15) is 13.2 Å². The Balaban J connectivity index is 1.64. The quantitative estimate of drug-likeness (QED) is 0.793. The minimum atomic E-state index is -3.53. The summed E-state index contributed by atoms with van der Waals surface area (Å²) in [7, 11) is -3.53. The van der Waals surface area contributed by atoms with Gasteiger partial charge in [-0.3, -0.25) is 4.79 Å². The number of carbonyl (C=O) groups excluding carboxylic acids is 1. The van der Waals surface area contributed by atoms with Crippen LogP contribution in [0.5, 0.6) is 5.75 Å². The molecule has 0 spiro atoms. The van der Waals surface area contributed by atoms with E-state index in [0.717, 1.165) is 5.75 Å². The van der Waals surface area contributed by atoms with Crippen molar-refractivity contribution in [3.8, 4) is 5.75 Å². The van der Waals surface area contributed by atoms with Gasteiger partial charge in [-0.25, -0.2) is 13.4 Å². The normalized spacial score (nSPS) is 20.0. The fourth-order valence-electron chi connectivity index (χ4n) is 3.48. The zero-order valence-electron chi connectivity index (χ0n) is 16.2. The Hall–Kier alpha value is -2.41. The summed E-state index contributed by atoms with van der Waals surface area (Å²) in [5.41, 5.74) is 0.677. The minimum Gasteiger partial charge on any atom is -0.491 e. The Morgan fingerprint density at radius 2 is 1.89 bits per heavy atom. The molecule has 6 nitrogen and oxygen atoms in total. The first kappa shape index (κ1) is 20.3. The first-order valence-corrected chi connectivity index (χ1v) is 11.1. The molecule has 2 atom stereocenters. The van der Waals surface area contributed by atoms with Crippen LogP contribution in [-0.4, -0.2) is 30.7 Å². The predicted octanol–water partition coefficient (Wildman–Crippen LogP) is 3.84. The highest BCUT2D eigenvalue weighted by atomic mass is 32.2. The van der Waals surface area contributed by atoms with E-state index in [0.29, 0.717) is 31.4 Å². The van der Waals surface area contributed by atoms with E-state index in [1.54, 1.807) is 24.3 Å². The van der Waals surface area contributed by atoms with E-state index in [-0.39, 0.29) is 23.0 Å². The Morgan fingerprint density at radius 3 is 2.54 bits per heavy atom. The van der Waals surface area contributed by atoms with E-state index in [1.165, 1.54) is 12.3 Å². The highest BCUT2D eigenvalue weighted by molar-refractivity contribution is 7.92. The van der Waals surface area contributed by atoms with Gasteiger partial charge < -0.3 is 10.1 Å². The maximum atomic E-state index is 12.8. The third kappa shape index (κ3) is 4.90. The van der Waals surface area contributed by atoms with E-state index >= 15 is 0 Å². The highest BCUT2D eigenvalue weighted by Gasteiger charge is 2.36. The molecule has 1 aromatic carbocycles. The topological polar surface area (TPSA) is 85.4 Å². The Labute approximate surface area is 166 Å². The van der Waals surface area contributed by atoms with Gasteiger partial charge >= 0.3 is 0 Å². The molecule has 1 aromatic heterocycles. The molecular formula is C21H26N2O4S. The number of carbonyl (C=O) groups is 1. The van der Waals surface area contributed by atoms with E-state index in [1.807, 2.05) is 26.0 Å². The van der Waals surface area contributed by atoms with Gasteiger partial charge in [-0.05, 0) is 69.5 Å². The summed E-state index contributed by atoms with van der Waals surface area (Å²) in [6, 6.07) is 12.1. The van der Waals surface area contributed by atoms with Crippen LogP contribution >= 0.6 is 0 Å². The lowest BCUT2D eigenvalue weighted by molar-refractivity contribution is -0.120. The van der Waals surface area contributed by atoms with Crippen molar-refractivity contribution in [3.05, 3.63) is 48.7 Å². The van der Waals surface area contributed by atoms with Gasteiger partial charge in [0.1, 0.15) is 5.75 Å². The van der Waals surface area contributed by atoms with Gasteiger partial charge in [0.2, 0.25) is 5.91 Å². The number of benzene rings is 1. The van der Waals surface area contributed by atoms with Gasteiger partial charge in [0.25, 0.3) is 0 Å². The zero-order chi connectivity index (χ0) is 20.1. The first-order chi connectivity index (χ1) is 13.4. The largest absolute Gasteiger partial charge is 0.491 e. The number of sulfone groups is 1. The fraction of sp³-hybridized carbons (Fsp3) is 0.429. The van der Waals surface area contributed by atoms with Crippen LogP contribution in [-0.2, 0) is 14.6 Å². The molecule has 1 heterocycles. The molecule has 1 aliphatic carbocycles. The van der Waals surface area contributed by atoms with Crippen LogP contribution in [0.3, 0.4) is 0 Å². The molecule has 0 saturated heterocycles. The molecule has 3 rings (SSSR count). The smallest absolute Gasteiger partial charge is 0.227 e. The van der Waals surface area contributed by atoms with Crippen molar-refractivity contribution >= 4 is 21.4 Å². The van der Waals surface area contributed by atoms with Crippen LogP contribution in [0.2, 0.25) is 0 Å². The van der Waals surface area contributed by atoms with Crippen molar-refractivity contribution in [1.29, 1.82) is 0 Å². The molecule has 1 amide bonds. The van der Waals surface area contributed by atoms with Crippen molar-refractivity contribution in [2.45, 2.75) is 55.9 Å². The van der Waals surface area contributed by atoms with Crippen LogP contribution in [0, 0.1) is 5.92 Å². The molecule has 0 unspecified atom stereocenters. The monoisotopic (exact) mass is 402 g/mol. The molecule has 1 saturated carbocycles. The number of pyridine rings is 1. The number of hydrogen-bond acceptors (Lipinski definition) is 5. The van der Waals surface area contributed by atoms with Gasteiger partial charge in [0.15, 0.2) is 14.9 Å². The summed E-state index contributed by atoms with van der Waals surface area (Å²) in [5.74, 6) is 0.273. The van der Waals surface area contributed by atoms with Gasteiger partial charge in [0, 0.05) is 17.8 Å². The number of aromatic nitrogens is 1. The minimum absolute atomic E-state index is 0.0840. The number of amides is 1. The summed E-state index contributed by atoms with van der Waals surface area (Å²) in [4.78, 5) is 16.7. The number of nitrogens with one attached hydrogen (secondary N) is 1. The second kappa shape index (κ2) is 8.73. The van der Waals surface area contributed by atoms with Crippen LogP contribution in [0.4, 0.5) is 5.69 Å². The molecular weight excluding hydrogens is 376 g/mol. The third-order valence-electron chi connectivity index (χ3n) is 4.86. The van der Waals surface area contributed by atoms with Gasteiger partial charge in [-0.15, -0.1) is 0 Å². The maximum Gasteiger partial charge on any atom is 0.227 e. The van der Waals surface area contributed by atoms with E-state index < -0.39 is 15.1 Å². The molecule has 7 heteroatoms. The lowest BCUT2D eigenvalue weighted by Gasteiger charge is -2.28. The number of rotatable bonds is 6. The van der Waals surface area contributed by atoms with Crippen molar-refractivity contribution in [3.63, 3.8) is 0 Å². The summed E-state index contributed by atoms with van der Waals surface area (Å²) in [5, 5.41) is 2.41. The van der Waals surface area contributed by atoms with Gasteiger partial charge in [0.05, 0.1) is 11.4 Å². The predicted molar refractivity (Wildman–Crippen MR) is 108 cm³/mol. The van der Waals surface area contributed by atoms with Crippen molar-refractivity contribution in [2.24, 2.45) is 5.92 Å². The molecule has 1 aliphatic rings. The van der Waals surface area contributed by atoms with Crippen LogP contribution in [0.15, 0.2) is 53.7 Å². The summed E-state index contributed by atoms with van der Waals surface area (Å²) in [6.07, 6.45) is 3.83. The van der Waals surface area contributed by atoms with Gasteiger partial charge in [-0.2, -0.15) is 0 Å². The maximum absolute atomic E-state index is 12.8. The SMILES string of the molecule is CC(C)Oc1ccc(NC(=O)[C@@H]2CCC[C@@H](S(=O)(=O)c3ccccn3)C2)cc1. The Morgan fingerprint density at radius 1 is 1.14 bits per heavy atom. The number of nitrogens with zero attached hydrogens (tertiary/aromatic N) is 1.